The maximum Gasteiger partial charge on any atom is 0.262 e. The zero-order chi connectivity index (χ0) is 20.6. The standard InChI is InChI=1S/C22H25ClN2O4/c1-3-4-16-5-8-20(21(13-16)27-2)29-15-22(26)24-18-14-17(23)6-7-19(18)25-9-11-28-12-10-25/h3,5-8,13-14H,1,4,9-12,15H2,2H3,(H,24,26). The van der Waals surface area contributed by atoms with Gasteiger partial charge in [-0.2, -0.15) is 0 Å². The number of hydrogen-bond acceptors (Lipinski definition) is 5. The Morgan fingerprint density at radius 1 is 1.24 bits per heavy atom. The molecule has 0 spiro atoms. The maximum absolute atomic E-state index is 12.5. The SMILES string of the molecule is C=CCc1ccc(OCC(=O)Nc2cc(Cl)ccc2N2CCOCC2)c(OC)c1. The molecule has 0 aliphatic carbocycles. The molecule has 1 heterocycles. The van der Waals surface area contributed by atoms with Gasteiger partial charge in [0.15, 0.2) is 18.1 Å². The quantitative estimate of drug-likeness (QED) is 0.661. The Bertz CT molecular complexity index is 866. The fraction of sp³-hybridized carbons (Fsp3) is 0.318. The van der Waals surface area contributed by atoms with Crippen LogP contribution in [0.5, 0.6) is 11.5 Å². The number of hydrogen-bond donors (Lipinski definition) is 1. The third-order valence-corrected chi connectivity index (χ3v) is 4.79. The molecule has 154 valence electrons. The number of rotatable bonds is 8. The molecule has 1 fully saturated rings. The average Bonchev–Trinajstić information content (AvgIpc) is 2.73. The van der Waals surface area contributed by atoms with Crippen molar-refractivity contribution in [1.82, 2.24) is 0 Å². The minimum Gasteiger partial charge on any atom is -0.493 e. The molecule has 7 heteroatoms. The van der Waals surface area contributed by atoms with Crippen molar-refractivity contribution in [2.75, 3.05) is 50.2 Å². The van der Waals surface area contributed by atoms with Gasteiger partial charge in [-0.25, -0.2) is 0 Å². The summed E-state index contributed by atoms with van der Waals surface area (Å²) in [5.41, 5.74) is 2.63. The molecule has 1 amide bonds. The van der Waals surface area contributed by atoms with Gasteiger partial charge in [0, 0.05) is 18.1 Å². The number of benzene rings is 2. The van der Waals surface area contributed by atoms with Gasteiger partial charge in [0.25, 0.3) is 5.91 Å². The summed E-state index contributed by atoms with van der Waals surface area (Å²) in [6.45, 7) is 6.41. The maximum atomic E-state index is 12.5. The van der Waals surface area contributed by atoms with Gasteiger partial charge in [0.2, 0.25) is 0 Å². The topological polar surface area (TPSA) is 60.0 Å². The number of carbonyl (C=O) groups is 1. The Kier molecular flexibility index (Phi) is 7.38. The van der Waals surface area contributed by atoms with Gasteiger partial charge in [0.05, 0.1) is 31.7 Å². The van der Waals surface area contributed by atoms with Crippen LogP contribution in [0.2, 0.25) is 5.02 Å². The number of methoxy groups -OCH3 is 1. The highest BCUT2D eigenvalue weighted by molar-refractivity contribution is 6.31. The summed E-state index contributed by atoms with van der Waals surface area (Å²) >= 11 is 6.14. The smallest absolute Gasteiger partial charge is 0.262 e. The van der Waals surface area contributed by atoms with Crippen molar-refractivity contribution < 1.29 is 19.0 Å². The number of amides is 1. The van der Waals surface area contributed by atoms with E-state index < -0.39 is 0 Å². The first kappa shape index (κ1) is 21.0. The van der Waals surface area contributed by atoms with Crippen LogP contribution in [0, 0.1) is 0 Å². The van der Waals surface area contributed by atoms with Crippen molar-refractivity contribution in [2.24, 2.45) is 0 Å². The van der Waals surface area contributed by atoms with Crippen LogP contribution < -0.4 is 19.7 Å². The zero-order valence-corrected chi connectivity index (χ0v) is 17.2. The molecular formula is C22H25ClN2O4. The summed E-state index contributed by atoms with van der Waals surface area (Å²) < 4.78 is 16.5. The van der Waals surface area contributed by atoms with E-state index in [1.165, 1.54) is 0 Å². The molecule has 0 unspecified atom stereocenters. The van der Waals surface area contributed by atoms with Crippen LogP contribution in [0.15, 0.2) is 49.1 Å². The predicted octanol–water partition coefficient (Wildman–Crippen LogP) is 3.93. The van der Waals surface area contributed by atoms with E-state index in [0.29, 0.717) is 35.4 Å². The summed E-state index contributed by atoms with van der Waals surface area (Å²) in [4.78, 5) is 14.7. The Balaban J connectivity index is 1.67. The Labute approximate surface area is 176 Å². The summed E-state index contributed by atoms with van der Waals surface area (Å²) in [7, 11) is 1.57. The molecule has 3 rings (SSSR count). The van der Waals surface area contributed by atoms with Crippen LogP contribution in [0.3, 0.4) is 0 Å². The highest BCUT2D eigenvalue weighted by Gasteiger charge is 2.17. The zero-order valence-electron chi connectivity index (χ0n) is 16.4. The summed E-state index contributed by atoms with van der Waals surface area (Å²) in [6, 6.07) is 11.1. The minimum atomic E-state index is -0.279. The minimum absolute atomic E-state index is 0.147. The van der Waals surface area contributed by atoms with Gasteiger partial charge in [0.1, 0.15) is 0 Å². The number of nitrogens with one attached hydrogen (secondary N) is 1. The normalized spacial score (nSPS) is 13.7. The van der Waals surface area contributed by atoms with Crippen LogP contribution in [0.25, 0.3) is 0 Å². The predicted molar refractivity (Wildman–Crippen MR) is 116 cm³/mol. The van der Waals surface area contributed by atoms with Crippen LogP contribution in [-0.2, 0) is 16.0 Å². The molecule has 0 atom stereocenters. The van der Waals surface area contributed by atoms with Crippen molar-refractivity contribution in [3.05, 3.63) is 59.6 Å². The van der Waals surface area contributed by atoms with Crippen LogP contribution >= 0.6 is 11.6 Å². The molecular weight excluding hydrogens is 392 g/mol. The summed E-state index contributed by atoms with van der Waals surface area (Å²) in [5.74, 6) is 0.808. The van der Waals surface area contributed by atoms with E-state index in [4.69, 9.17) is 25.8 Å². The molecule has 1 saturated heterocycles. The van der Waals surface area contributed by atoms with E-state index >= 15 is 0 Å². The first-order valence-corrected chi connectivity index (χ1v) is 9.81. The second-order valence-electron chi connectivity index (χ2n) is 6.58. The second kappa shape index (κ2) is 10.2. The van der Waals surface area contributed by atoms with E-state index in [1.54, 1.807) is 19.2 Å². The van der Waals surface area contributed by atoms with Gasteiger partial charge in [-0.05, 0) is 42.3 Å². The van der Waals surface area contributed by atoms with Crippen molar-refractivity contribution in [3.8, 4) is 11.5 Å². The van der Waals surface area contributed by atoms with Gasteiger partial charge < -0.3 is 24.4 Å². The van der Waals surface area contributed by atoms with Gasteiger partial charge >= 0.3 is 0 Å². The van der Waals surface area contributed by atoms with Crippen molar-refractivity contribution in [2.45, 2.75) is 6.42 Å². The summed E-state index contributed by atoms with van der Waals surface area (Å²) in [6.07, 6.45) is 2.55. The van der Waals surface area contributed by atoms with Crippen LogP contribution in [-0.4, -0.2) is 45.9 Å². The third-order valence-electron chi connectivity index (χ3n) is 4.55. The first-order chi connectivity index (χ1) is 14.1. The molecule has 29 heavy (non-hydrogen) atoms. The van der Waals surface area contributed by atoms with Crippen molar-refractivity contribution in [3.63, 3.8) is 0 Å². The van der Waals surface area contributed by atoms with E-state index in [1.807, 2.05) is 30.3 Å². The van der Waals surface area contributed by atoms with Gasteiger partial charge in [-0.15, -0.1) is 6.58 Å². The van der Waals surface area contributed by atoms with Crippen molar-refractivity contribution in [1.29, 1.82) is 0 Å². The van der Waals surface area contributed by atoms with E-state index in [0.717, 1.165) is 30.8 Å². The fourth-order valence-electron chi connectivity index (χ4n) is 3.14. The van der Waals surface area contributed by atoms with Crippen molar-refractivity contribution >= 4 is 28.9 Å². The molecule has 0 aromatic heterocycles. The highest BCUT2D eigenvalue weighted by Crippen LogP contribution is 2.31. The van der Waals surface area contributed by atoms with E-state index in [2.05, 4.69) is 16.8 Å². The fourth-order valence-corrected chi connectivity index (χ4v) is 3.31. The van der Waals surface area contributed by atoms with E-state index in [9.17, 15) is 4.79 Å². The Morgan fingerprint density at radius 2 is 2.03 bits per heavy atom. The molecule has 0 saturated carbocycles. The first-order valence-electron chi connectivity index (χ1n) is 9.43. The lowest BCUT2D eigenvalue weighted by molar-refractivity contribution is -0.118. The number of anilines is 2. The molecule has 1 aliphatic rings. The Morgan fingerprint density at radius 3 is 2.76 bits per heavy atom. The number of carbonyl (C=O) groups excluding carboxylic acids is 1. The lowest BCUT2D eigenvalue weighted by Crippen LogP contribution is -2.37. The highest BCUT2D eigenvalue weighted by atomic mass is 35.5. The number of allylic oxidation sites excluding steroid dienone is 1. The van der Waals surface area contributed by atoms with Gasteiger partial charge in [-0.3, -0.25) is 4.79 Å². The molecule has 2 aromatic carbocycles. The lowest BCUT2D eigenvalue weighted by Gasteiger charge is -2.30. The average molecular weight is 417 g/mol. The number of nitrogens with zero attached hydrogens (tertiary/aromatic N) is 1. The summed E-state index contributed by atoms with van der Waals surface area (Å²) in [5, 5.41) is 3.46. The number of morpholine rings is 1. The lowest BCUT2D eigenvalue weighted by atomic mass is 10.1. The molecule has 1 aliphatic heterocycles. The molecule has 0 bridgehead atoms. The number of ether oxygens (including phenoxy) is 3. The molecule has 2 aromatic rings. The Hall–Kier alpha value is -2.70. The number of halogens is 1. The van der Waals surface area contributed by atoms with Gasteiger partial charge in [-0.1, -0.05) is 23.7 Å². The van der Waals surface area contributed by atoms with E-state index in [-0.39, 0.29) is 12.5 Å². The largest absolute Gasteiger partial charge is 0.493 e. The van der Waals surface area contributed by atoms with Crippen LogP contribution in [0.1, 0.15) is 5.56 Å². The molecule has 6 nitrogen and oxygen atoms in total. The third kappa shape index (κ3) is 5.65. The van der Waals surface area contributed by atoms with Crippen LogP contribution in [0.4, 0.5) is 11.4 Å². The molecule has 1 N–H and O–H groups in total. The second-order valence-corrected chi connectivity index (χ2v) is 7.01. The monoisotopic (exact) mass is 416 g/mol. The molecule has 0 radical (unpaired) electrons.